The minimum absolute atomic E-state index is 0.410. The fourth-order valence-corrected chi connectivity index (χ4v) is 2.42. The van der Waals surface area contributed by atoms with Gasteiger partial charge in [-0.15, -0.1) is 0 Å². The Morgan fingerprint density at radius 1 is 1.37 bits per heavy atom. The highest BCUT2D eigenvalue weighted by atomic mass is 127. The number of aromatic amines is 2. The number of anilines is 2. The van der Waals surface area contributed by atoms with E-state index >= 15 is 0 Å². The van der Waals surface area contributed by atoms with Gasteiger partial charge in [-0.05, 0) is 40.8 Å². The molecule has 6 nitrogen and oxygen atoms in total. The fraction of sp³-hybridized carbons (Fsp3) is 0.0833. The van der Waals surface area contributed by atoms with Crippen molar-refractivity contribution in [1.82, 2.24) is 19.9 Å². The lowest BCUT2D eigenvalue weighted by atomic mass is 10.3. The maximum atomic E-state index is 11.6. The van der Waals surface area contributed by atoms with Crippen LogP contribution in [0.25, 0.3) is 11.2 Å². The van der Waals surface area contributed by atoms with Crippen molar-refractivity contribution in [3.05, 3.63) is 44.6 Å². The van der Waals surface area contributed by atoms with E-state index in [0.29, 0.717) is 17.0 Å². The first-order valence-electron chi connectivity index (χ1n) is 5.58. The number of halogens is 1. The van der Waals surface area contributed by atoms with Gasteiger partial charge in [0, 0.05) is 16.3 Å². The third kappa shape index (κ3) is 2.21. The van der Waals surface area contributed by atoms with Gasteiger partial charge in [-0.25, -0.2) is 9.78 Å². The van der Waals surface area contributed by atoms with Crippen molar-refractivity contribution in [3.63, 3.8) is 0 Å². The molecular formula is C12H10IN5O. The molecule has 96 valence electrons. The number of rotatable bonds is 2. The van der Waals surface area contributed by atoms with Gasteiger partial charge >= 0.3 is 5.69 Å². The monoisotopic (exact) mass is 367 g/mol. The maximum Gasteiger partial charge on any atom is 0.348 e. The summed E-state index contributed by atoms with van der Waals surface area (Å²) in [5.41, 5.74) is 1.77. The Labute approximate surface area is 122 Å². The second-order valence-electron chi connectivity index (χ2n) is 4.03. The van der Waals surface area contributed by atoms with Gasteiger partial charge in [0.15, 0.2) is 11.5 Å². The molecule has 0 aliphatic carbocycles. The van der Waals surface area contributed by atoms with Crippen LogP contribution in [0.1, 0.15) is 0 Å². The Kier molecular flexibility index (Phi) is 2.97. The highest BCUT2D eigenvalue weighted by Crippen LogP contribution is 2.26. The Morgan fingerprint density at radius 2 is 2.21 bits per heavy atom. The van der Waals surface area contributed by atoms with E-state index in [4.69, 9.17) is 0 Å². The van der Waals surface area contributed by atoms with Crippen LogP contribution in [-0.2, 0) is 0 Å². The van der Waals surface area contributed by atoms with Crippen LogP contribution < -0.4 is 10.6 Å². The predicted octanol–water partition coefficient (Wildman–Crippen LogP) is 2.02. The minimum Gasteiger partial charge on any atom is -0.340 e. The summed E-state index contributed by atoms with van der Waals surface area (Å²) in [7, 11) is 1.87. The topological polar surface area (TPSA) is 77.7 Å². The molecule has 0 aliphatic heterocycles. The summed E-state index contributed by atoms with van der Waals surface area (Å²) in [5.74, 6) is 0.554. The van der Waals surface area contributed by atoms with Gasteiger partial charge in [0.25, 0.3) is 0 Å². The first kappa shape index (κ1) is 12.2. The molecule has 2 N–H and O–H groups in total. The van der Waals surface area contributed by atoms with Gasteiger partial charge in [0.2, 0.25) is 0 Å². The number of imidazole rings is 1. The number of nitrogens with zero attached hydrogens (tertiary/aromatic N) is 3. The largest absolute Gasteiger partial charge is 0.348 e. The first-order valence-corrected chi connectivity index (χ1v) is 6.66. The van der Waals surface area contributed by atoms with Crippen molar-refractivity contribution in [2.24, 2.45) is 0 Å². The number of H-pyrrole nitrogens is 2. The van der Waals surface area contributed by atoms with Gasteiger partial charge < -0.3 is 9.88 Å². The molecule has 0 amide bonds. The molecule has 0 fully saturated rings. The van der Waals surface area contributed by atoms with E-state index in [2.05, 4.69) is 42.5 Å². The Balaban J connectivity index is 2.18. The lowest BCUT2D eigenvalue weighted by molar-refractivity contribution is 1.05. The average Bonchev–Trinajstić information content (AvgIpc) is 2.85. The summed E-state index contributed by atoms with van der Waals surface area (Å²) in [4.78, 5) is 27.1. The molecule has 1 aromatic carbocycles. The summed E-state index contributed by atoms with van der Waals surface area (Å²) in [6.07, 6.45) is 1.54. The summed E-state index contributed by atoms with van der Waals surface area (Å²) < 4.78 is 1.12. The van der Waals surface area contributed by atoms with Crippen molar-refractivity contribution in [2.45, 2.75) is 0 Å². The van der Waals surface area contributed by atoms with Crippen molar-refractivity contribution >= 4 is 45.3 Å². The van der Waals surface area contributed by atoms with E-state index in [9.17, 15) is 4.79 Å². The Bertz CT molecular complexity index is 794. The van der Waals surface area contributed by atoms with Crippen molar-refractivity contribution in [2.75, 3.05) is 11.9 Å². The molecule has 0 aliphatic rings. The van der Waals surface area contributed by atoms with Gasteiger partial charge in [0.1, 0.15) is 5.52 Å². The summed E-state index contributed by atoms with van der Waals surface area (Å²) >= 11 is 2.25. The third-order valence-electron chi connectivity index (χ3n) is 2.81. The van der Waals surface area contributed by atoms with E-state index in [-0.39, 0.29) is 0 Å². The maximum absolute atomic E-state index is 11.6. The second-order valence-corrected chi connectivity index (χ2v) is 5.28. The van der Waals surface area contributed by atoms with Crippen LogP contribution in [0.2, 0.25) is 0 Å². The SMILES string of the molecule is CN(c1cccc(I)c1)c1nc(=O)[nH]c2nc[nH]c12. The molecule has 3 rings (SSSR count). The zero-order valence-electron chi connectivity index (χ0n) is 10.0. The number of nitrogens with one attached hydrogen (secondary N) is 2. The fourth-order valence-electron chi connectivity index (χ4n) is 1.89. The number of fused-ring (bicyclic) bond motifs is 1. The predicted molar refractivity (Wildman–Crippen MR) is 81.7 cm³/mol. The van der Waals surface area contributed by atoms with Gasteiger partial charge in [-0.3, -0.25) is 4.98 Å². The smallest absolute Gasteiger partial charge is 0.340 e. The third-order valence-corrected chi connectivity index (χ3v) is 3.48. The van der Waals surface area contributed by atoms with Gasteiger partial charge in [-0.1, -0.05) is 6.07 Å². The lowest BCUT2D eigenvalue weighted by Crippen LogP contribution is -2.19. The number of hydrogen-bond acceptors (Lipinski definition) is 4. The van der Waals surface area contributed by atoms with Gasteiger partial charge in [0.05, 0.1) is 6.33 Å². The van der Waals surface area contributed by atoms with Crippen LogP contribution in [0.4, 0.5) is 11.5 Å². The lowest BCUT2D eigenvalue weighted by Gasteiger charge is -2.18. The second kappa shape index (κ2) is 4.65. The molecule has 2 heterocycles. The van der Waals surface area contributed by atoms with Crippen LogP contribution in [-0.4, -0.2) is 27.0 Å². The van der Waals surface area contributed by atoms with Crippen LogP contribution in [0.15, 0.2) is 35.4 Å². The average molecular weight is 367 g/mol. The number of benzene rings is 1. The van der Waals surface area contributed by atoms with Crippen LogP contribution in [0.5, 0.6) is 0 Å². The van der Waals surface area contributed by atoms with Crippen molar-refractivity contribution < 1.29 is 0 Å². The van der Waals surface area contributed by atoms with E-state index in [1.54, 1.807) is 0 Å². The van der Waals surface area contributed by atoms with E-state index < -0.39 is 5.69 Å². The van der Waals surface area contributed by atoms with Crippen molar-refractivity contribution in [1.29, 1.82) is 0 Å². The molecular weight excluding hydrogens is 357 g/mol. The normalized spacial score (nSPS) is 10.8. The molecule has 0 spiro atoms. The van der Waals surface area contributed by atoms with E-state index in [1.807, 2.05) is 36.2 Å². The first-order chi connectivity index (χ1) is 9.15. The Morgan fingerprint density at radius 3 is 3.00 bits per heavy atom. The van der Waals surface area contributed by atoms with Crippen LogP contribution in [0.3, 0.4) is 0 Å². The molecule has 0 unspecified atom stereocenters. The number of hydrogen-bond donors (Lipinski definition) is 2. The summed E-state index contributed by atoms with van der Waals surface area (Å²) in [6.45, 7) is 0. The highest BCUT2D eigenvalue weighted by molar-refractivity contribution is 14.1. The van der Waals surface area contributed by atoms with E-state index in [0.717, 1.165) is 9.26 Å². The van der Waals surface area contributed by atoms with Gasteiger partial charge in [-0.2, -0.15) is 4.98 Å². The Hall–Kier alpha value is -1.90. The molecule has 0 atom stereocenters. The molecule has 0 bridgehead atoms. The van der Waals surface area contributed by atoms with Crippen LogP contribution in [0, 0.1) is 3.57 Å². The molecule has 0 saturated heterocycles. The molecule has 3 aromatic rings. The zero-order valence-corrected chi connectivity index (χ0v) is 12.2. The minimum atomic E-state index is -0.410. The molecule has 7 heteroatoms. The number of aromatic nitrogens is 4. The zero-order chi connectivity index (χ0) is 13.4. The quantitative estimate of drug-likeness (QED) is 0.680. The molecule has 2 aromatic heterocycles. The van der Waals surface area contributed by atoms with Crippen LogP contribution >= 0.6 is 22.6 Å². The molecule has 0 radical (unpaired) electrons. The molecule has 0 saturated carbocycles. The standard InChI is InChI=1S/C12H10IN5O/c1-18(8-4-2-3-7(13)5-8)11-9-10(15-6-14-9)16-12(19)17-11/h2-6H,1H3,(H2,14,15,16,17,19). The molecule has 19 heavy (non-hydrogen) atoms. The highest BCUT2D eigenvalue weighted by Gasteiger charge is 2.13. The summed E-state index contributed by atoms with van der Waals surface area (Å²) in [5, 5.41) is 0. The van der Waals surface area contributed by atoms with E-state index in [1.165, 1.54) is 6.33 Å². The summed E-state index contributed by atoms with van der Waals surface area (Å²) in [6, 6.07) is 7.96. The van der Waals surface area contributed by atoms with Crippen molar-refractivity contribution in [3.8, 4) is 0 Å².